The van der Waals surface area contributed by atoms with E-state index in [2.05, 4.69) is 0 Å². The first kappa shape index (κ1) is 14.4. The molecule has 0 aromatic heterocycles. The number of aliphatic hydroxyl groups excluding tert-OH is 1. The molecule has 104 valence electrons. The molecule has 0 fully saturated rings. The van der Waals surface area contributed by atoms with Crippen LogP contribution in [0.3, 0.4) is 0 Å². The zero-order valence-corrected chi connectivity index (χ0v) is 11.3. The molecule has 0 saturated carbocycles. The number of carboxylic acid groups (broad SMARTS) is 1. The third-order valence-corrected chi connectivity index (χ3v) is 3.02. The van der Waals surface area contributed by atoms with Crippen LogP contribution in [0.2, 0.25) is 5.02 Å². The first-order valence-electron chi connectivity index (χ1n) is 5.94. The van der Waals surface area contributed by atoms with Gasteiger partial charge in [0.2, 0.25) is 0 Å². The molecule has 2 rings (SSSR count). The van der Waals surface area contributed by atoms with Gasteiger partial charge < -0.3 is 14.9 Å². The summed E-state index contributed by atoms with van der Waals surface area (Å²) in [6.45, 7) is 0.127. The lowest BCUT2D eigenvalue weighted by molar-refractivity contribution is 0.0697. The van der Waals surface area contributed by atoms with Gasteiger partial charge >= 0.3 is 5.97 Å². The number of rotatable bonds is 5. The molecular formula is C15H13ClO4. The van der Waals surface area contributed by atoms with E-state index in [1.54, 1.807) is 30.3 Å². The quantitative estimate of drug-likeness (QED) is 0.888. The minimum Gasteiger partial charge on any atom is -0.489 e. The minimum atomic E-state index is -0.960. The predicted molar refractivity (Wildman–Crippen MR) is 75.1 cm³/mol. The summed E-state index contributed by atoms with van der Waals surface area (Å²) in [6, 6.07) is 11.5. The third kappa shape index (κ3) is 3.50. The van der Waals surface area contributed by atoms with Gasteiger partial charge in [0.1, 0.15) is 12.4 Å². The topological polar surface area (TPSA) is 66.8 Å². The van der Waals surface area contributed by atoms with Gasteiger partial charge in [0.05, 0.1) is 12.2 Å². The molecule has 0 aliphatic carbocycles. The standard InChI is InChI=1S/C15H13ClO4/c16-13-5-6-14(12(7-13)8-17)20-9-10-1-3-11(4-2-10)15(18)19/h1-7,17H,8-9H2,(H,18,19). The highest BCUT2D eigenvalue weighted by molar-refractivity contribution is 6.30. The van der Waals surface area contributed by atoms with Crippen LogP contribution in [0.25, 0.3) is 0 Å². The van der Waals surface area contributed by atoms with Crippen molar-refractivity contribution >= 4 is 17.6 Å². The van der Waals surface area contributed by atoms with E-state index in [9.17, 15) is 9.90 Å². The zero-order chi connectivity index (χ0) is 14.5. The number of aliphatic hydroxyl groups is 1. The monoisotopic (exact) mass is 292 g/mol. The Balaban J connectivity index is 2.06. The number of ether oxygens (including phenoxy) is 1. The molecular weight excluding hydrogens is 280 g/mol. The molecule has 0 spiro atoms. The molecule has 0 amide bonds. The van der Waals surface area contributed by atoms with E-state index in [-0.39, 0.29) is 18.8 Å². The maximum Gasteiger partial charge on any atom is 0.335 e. The highest BCUT2D eigenvalue weighted by Gasteiger charge is 2.05. The van der Waals surface area contributed by atoms with Crippen LogP contribution in [0, 0.1) is 0 Å². The molecule has 0 saturated heterocycles. The lowest BCUT2D eigenvalue weighted by Crippen LogP contribution is -2.00. The Morgan fingerprint density at radius 3 is 2.45 bits per heavy atom. The van der Waals surface area contributed by atoms with Crippen LogP contribution in [0.1, 0.15) is 21.5 Å². The lowest BCUT2D eigenvalue weighted by Gasteiger charge is -2.10. The van der Waals surface area contributed by atoms with Gasteiger partial charge in [-0.3, -0.25) is 0 Å². The van der Waals surface area contributed by atoms with Gasteiger partial charge in [-0.1, -0.05) is 23.7 Å². The second kappa shape index (κ2) is 6.41. The molecule has 0 unspecified atom stereocenters. The van der Waals surface area contributed by atoms with Crippen LogP contribution in [-0.2, 0) is 13.2 Å². The van der Waals surface area contributed by atoms with Crippen molar-refractivity contribution in [2.75, 3.05) is 0 Å². The highest BCUT2D eigenvalue weighted by atomic mass is 35.5. The molecule has 4 nitrogen and oxygen atoms in total. The third-order valence-electron chi connectivity index (χ3n) is 2.79. The summed E-state index contributed by atoms with van der Waals surface area (Å²) >= 11 is 5.84. The Hall–Kier alpha value is -2.04. The van der Waals surface area contributed by atoms with E-state index < -0.39 is 5.97 Å². The largest absolute Gasteiger partial charge is 0.489 e. The number of hydrogen-bond acceptors (Lipinski definition) is 3. The van der Waals surface area contributed by atoms with Crippen LogP contribution >= 0.6 is 11.6 Å². The summed E-state index contributed by atoms with van der Waals surface area (Å²) < 4.78 is 5.60. The van der Waals surface area contributed by atoms with E-state index in [0.717, 1.165) is 5.56 Å². The molecule has 2 N–H and O–H groups in total. The van der Waals surface area contributed by atoms with Gasteiger partial charge in [0.25, 0.3) is 0 Å². The molecule has 5 heteroatoms. The Morgan fingerprint density at radius 1 is 1.15 bits per heavy atom. The fourth-order valence-corrected chi connectivity index (χ4v) is 1.91. The van der Waals surface area contributed by atoms with Crippen LogP contribution in [0.5, 0.6) is 5.75 Å². The van der Waals surface area contributed by atoms with Crippen molar-refractivity contribution in [3.8, 4) is 5.75 Å². The predicted octanol–water partition coefficient (Wildman–Crippen LogP) is 3.11. The molecule has 0 bridgehead atoms. The number of carboxylic acids is 1. The molecule has 0 aliphatic rings. The van der Waals surface area contributed by atoms with Crippen molar-refractivity contribution in [2.24, 2.45) is 0 Å². The average molecular weight is 293 g/mol. The maximum atomic E-state index is 10.7. The van der Waals surface area contributed by atoms with Crippen molar-refractivity contribution in [1.82, 2.24) is 0 Å². The van der Waals surface area contributed by atoms with Crippen LogP contribution in [0.4, 0.5) is 0 Å². The second-order valence-corrected chi connectivity index (χ2v) is 4.64. The Labute approximate surface area is 121 Å². The summed E-state index contributed by atoms with van der Waals surface area (Å²) in [5.41, 5.74) is 1.68. The minimum absolute atomic E-state index is 0.159. The average Bonchev–Trinajstić information content (AvgIpc) is 2.46. The molecule has 20 heavy (non-hydrogen) atoms. The van der Waals surface area contributed by atoms with E-state index >= 15 is 0 Å². The first-order chi connectivity index (χ1) is 9.60. The SMILES string of the molecule is O=C(O)c1ccc(COc2ccc(Cl)cc2CO)cc1. The van der Waals surface area contributed by atoms with Crippen LogP contribution in [0.15, 0.2) is 42.5 Å². The van der Waals surface area contributed by atoms with Gasteiger partial charge in [-0.15, -0.1) is 0 Å². The number of halogens is 1. The Morgan fingerprint density at radius 2 is 1.85 bits per heavy atom. The number of aromatic carboxylic acids is 1. The van der Waals surface area contributed by atoms with E-state index in [4.69, 9.17) is 21.4 Å². The number of carbonyl (C=O) groups is 1. The van der Waals surface area contributed by atoms with Crippen LogP contribution in [-0.4, -0.2) is 16.2 Å². The molecule has 0 atom stereocenters. The second-order valence-electron chi connectivity index (χ2n) is 4.20. The van der Waals surface area contributed by atoms with Crippen molar-refractivity contribution in [3.05, 3.63) is 64.2 Å². The summed E-state index contributed by atoms with van der Waals surface area (Å²) in [4.78, 5) is 10.7. The summed E-state index contributed by atoms with van der Waals surface area (Å²) in [5, 5.41) is 18.6. The van der Waals surface area contributed by atoms with Crippen molar-refractivity contribution < 1.29 is 19.7 Å². The number of hydrogen-bond donors (Lipinski definition) is 2. The van der Waals surface area contributed by atoms with Crippen molar-refractivity contribution in [2.45, 2.75) is 13.2 Å². The van der Waals surface area contributed by atoms with E-state index in [1.165, 1.54) is 12.1 Å². The van der Waals surface area contributed by atoms with Gasteiger partial charge in [-0.05, 0) is 35.9 Å². The van der Waals surface area contributed by atoms with E-state index in [1.807, 2.05) is 0 Å². The van der Waals surface area contributed by atoms with Crippen molar-refractivity contribution in [1.29, 1.82) is 0 Å². The molecule has 2 aromatic carbocycles. The Kier molecular flexibility index (Phi) is 4.61. The summed E-state index contributed by atoms with van der Waals surface area (Å²) in [6.07, 6.45) is 0. The van der Waals surface area contributed by atoms with Gasteiger partial charge in [0, 0.05) is 10.6 Å². The normalized spacial score (nSPS) is 10.3. The highest BCUT2D eigenvalue weighted by Crippen LogP contribution is 2.23. The van der Waals surface area contributed by atoms with Gasteiger partial charge in [0.15, 0.2) is 0 Å². The van der Waals surface area contributed by atoms with Crippen molar-refractivity contribution in [3.63, 3.8) is 0 Å². The molecule has 0 heterocycles. The summed E-state index contributed by atoms with van der Waals surface area (Å²) in [5.74, 6) is -0.406. The first-order valence-corrected chi connectivity index (χ1v) is 6.32. The smallest absolute Gasteiger partial charge is 0.335 e. The zero-order valence-electron chi connectivity index (χ0n) is 10.5. The Bertz CT molecular complexity index is 608. The summed E-state index contributed by atoms with van der Waals surface area (Å²) in [7, 11) is 0. The van der Waals surface area contributed by atoms with Crippen LogP contribution < -0.4 is 4.74 Å². The molecule has 0 aliphatic heterocycles. The fraction of sp³-hybridized carbons (Fsp3) is 0.133. The van der Waals surface area contributed by atoms with Gasteiger partial charge in [-0.25, -0.2) is 4.79 Å². The van der Waals surface area contributed by atoms with E-state index in [0.29, 0.717) is 16.3 Å². The fourth-order valence-electron chi connectivity index (χ4n) is 1.72. The molecule has 2 aromatic rings. The van der Waals surface area contributed by atoms with Gasteiger partial charge in [-0.2, -0.15) is 0 Å². The molecule has 0 radical (unpaired) electrons. The number of benzene rings is 2. The maximum absolute atomic E-state index is 10.7. The lowest BCUT2D eigenvalue weighted by atomic mass is 10.1.